The summed E-state index contributed by atoms with van der Waals surface area (Å²) in [7, 11) is 2.94. The quantitative estimate of drug-likeness (QED) is 0.347. The van der Waals surface area contributed by atoms with Crippen molar-refractivity contribution in [1.82, 2.24) is 9.80 Å². The minimum absolute atomic E-state index is 0.0383. The number of carbonyl (C=O) groups excluding carboxylic acids is 2. The molecule has 2 aliphatic carbocycles. The molecule has 5 aliphatic rings. The van der Waals surface area contributed by atoms with Gasteiger partial charge in [0, 0.05) is 56.8 Å². The van der Waals surface area contributed by atoms with Crippen molar-refractivity contribution in [3.8, 4) is 5.75 Å². The Labute approximate surface area is 306 Å². The standard InChI is InChI=1S/C40H52ClN3O7/c1-42-15-4-3-7-35(50-21-18-43-16-19-49-20-17-43)32-11-8-29(32)25-44-26-39(14-5-6-28-22-31(41)10-12-33(28)39)27-51-36-13-9-30(23-34(36)44)40(47,24-37(42)45)38(46)48-2/h3,7,9-10,12-13,22-23,29,32,35,47H,4-6,8,11,14-21,24-27H2,1-2H3/b7-3+/t29-,32+,35-,39-,40+/m0/s1. The molecule has 10 nitrogen and oxygen atoms in total. The first-order valence-electron chi connectivity index (χ1n) is 18.6. The molecule has 1 saturated carbocycles. The Balaban J connectivity index is 1.26. The summed E-state index contributed by atoms with van der Waals surface area (Å²) >= 11 is 6.49. The van der Waals surface area contributed by atoms with Crippen LogP contribution in [0.15, 0.2) is 48.6 Å². The van der Waals surface area contributed by atoms with E-state index < -0.39 is 18.0 Å². The van der Waals surface area contributed by atoms with Gasteiger partial charge in [-0.2, -0.15) is 0 Å². The number of ether oxygens (including phenoxy) is 4. The molecule has 0 aromatic heterocycles. The van der Waals surface area contributed by atoms with E-state index in [0.717, 1.165) is 82.2 Å². The average Bonchev–Trinajstić information content (AvgIpc) is 3.27. The van der Waals surface area contributed by atoms with Crippen LogP contribution in [0.4, 0.5) is 5.69 Å². The van der Waals surface area contributed by atoms with Crippen LogP contribution < -0.4 is 9.64 Å². The molecule has 11 heteroatoms. The Morgan fingerprint density at radius 2 is 1.96 bits per heavy atom. The predicted octanol–water partition coefficient (Wildman–Crippen LogP) is 4.73. The molecule has 0 radical (unpaired) electrons. The number of anilines is 1. The van der Waals surface area contributed by atoms with Gasteiger partial charge in [-0.15, -0.1) is 0 Å². The Morgan fingerprint density at radius 3 is 2.75 bits per heavy atom. The molecule has 1 N–H and O–H groups in total. The van der Waals surface area contributed by atoms with E-state index in [1.54, 1.807) is 18.0 Å². The van der Waals surface area contributed by atoms with Gasteiger partial charge in [0.2, 0.25) is 5.91 Å². The lowest BCUT2D eigenvalue weighted by Gasteiger charge is -2.46. The van der Waals surface area contributed by atoms with Crippen molar-refractivity contribution < 1.29 is 33.6 Å². The number of benzene rings is 2. The third-order valence-corrected chi connectivity index (χ3v) is 12.2. The number of aliphatic hydroxyl groups is 1. The van der Waals surface area contributed by atoms with Gasteiger partial charge in [-0.25, -0.2) is 4.79 Å². The number of methoxy groups -OCH3 is 1. The second kappa shape index (κ2) is 15.4. The summed E-state index contributed by atoms with van der Waals surface area (Å²) < 4.78 is 24.0. The summed E-state index contributed by atoms with van der Waals surface area (Å²) in [6.45, 7) is 7.32. The molecule has 1 spiro atoms. The Kier molecular flexibility index (Phi) is 11.0. The van der Waals surface area contributed by atoms with Crippen LogP contribution in [0.5, 0.6) is 5.75 Å². The number of esters is 1. The van der Waals surface area contributed by atoms with E-state index in [-0.39, 0.29) is 17.4 Å². The summed E-state index contributed by atoms with van der Waals surface area (Å²) in [6.07, 6.45) is 9.60. The minimum Gasteiger partial charge on any atom is -0.490 e. The minimum atomic E-state index is -2.16. The Morgan fingerprint density at radius 1 is 1.12 bits per heavy atom. The zero-order valence-corrected chi connectivity index (χ0v) is 30.7. The van der Waals surface area contributed by atoms with E-state index in [2.05, 4.69) is 34.1 Å². The summed E-state index contributed by atoms with van der Waals surface area (Å²) in [5.74, 6) is 0.175. The summed E-state index contributed by atoms with van der Waals surface area (Å²) in [6, 6.07) is 11.6. The monoisotopic (exact) mass is 721 g/mol. The van der Waals surface area contributed by atoms with E-state index in [0.29, 0.717) is 55.9 Å². The lowest BCUT2D eigenvalue weighted by Crippen LogP contribution is -2.50. The zero-order valence-electron chi connectivity index (χ0n) is 30.0. The van der Waals surface area contributed by atoms with Gasteiger partial charge in [0.15, 0.2) is 5.60 Å². The number of rotatable bonds is 5. The Hall–Kier alpha value is -3.15. The first-order chi connectivity index (χ1) is 24.7. The molecule has 5 atom stereocenters. The van der Waals surface area contributed by atoms with Crippen LogP contribution in [-0.2, 0) is 41.2 Å². The molecular weight excluding hydrogens is 670 g/mol. The molecule has 1 amide bonds. The van der Waals surface area contributed by atoms with Crippen LogP contribution in [0, 0.1) is 11.8 Å². The van der Waals surface area contributed by atoms with E-state index >= 15 is 0 Å². The number of hydrogen-bond donors (Lipinski definition) is 1. The average molecular weight is 722 g/mol. The SMILES string of the molecule is COC(=O)[C@@]1(O)CC(=O)N(C)CC/C=C/[C@H](OCCN2CCOCC2)[C@@H]2CC[C@H]2CN2C[C@@]3(CCCc4cc(Cl)ccc43)COc3ccc1cc32. The highest BCUT2D eigenvalue weighted by atomic mass is 35.5. The number of carbonyl (C=O) groups is 2. The van der Waals surface area contributed by atoms with Gasteiger partial charge >= 0.3 is 5.97 Å². The lowest BCUT2D eigenvalue weighted by molar-refractivity contribution is -0.168. The van der Waals surface area contributed by atoms with Crippen LogP contribution in [0.2, 0.25) is 5.02 Å². The molecular formula is C40H52ClN3O7. The van der Waals surface area contributed by atoms with Crippen LogP contribution in [0.25, 0.3) is 0 Å². The highest BCUT2D eigenvalue weighted by Gasteiger charge is 2.47. The predicted molar refractivity (Wildman–Crippen MR) is 195 cm³/mol. The van der Waals surface area contributed by atoms with Crippen molar-refractivity contribution in [2.24, 2.45) is 11.8 Å². The maximum Gasteiger partial charge on any atom is 0.343 e. The third kappa shape index (κ3) is 7.53. The number of morpholine rings is 1. The van der Waals surface area contributed by atoms with Gasteiger partial charge < -0.3 is 33.9 Å². The van der Waals surface area contributed by atoms with E-state index in [1.165, 1.54) is 18.2 Å². The molecule has 7 rings (SSSR count). The molecule has 0 unspecified atom stereocenters. The van der Waals surface area contributed by atoms with Crippen molar-refractivity contribution >= 4 is 29.2 Å². The number of amides is 1. The van der Waals surface area contributed by atoms with Crippen LogP contribution in [-0.4, -0.2) is 113 Å². The van der Waals surface area contributed by atoms with Crippen molar-refractivity contribution in [2.75, 3.05) is 84.8 Å². The summed E-state index contributed by atoms with van der Waals surface area (Å²) in [5, 5.41) is 12.8. The van der Waals surface area contributed by atoms with Gasteiger partial charge in [-0.3, -0.25) is 9.69 Å². The molecule has 2 bridgehead atoms. The molecule has 3 heterocycles. The number of nitrogens with zero attached hydrogens (tertiary/aromatic N) is 3. The molecule has 51 heavy (non-hydrogen) atoms. The van der Waals surface area contributed by atoms with Gasteiger partial charge in [0.05, 0.1) is 51.7 Å². The van der Waals surface area contributed by atoms with E-state index in [1.807, 2.05) is 18.2 Å². The first-order valence-corrected chi connectivity index (χ1v) is 19.0. The molecule has 2 fully saturated rings. The van der Waals surface area contributed by atoms with Crippen molar-refractivity contribution in [3.05, 3.63) is 70.3 Å². The molecule has 276 valence electrons. The second-order valence-corrected chi connectivity index (χ2v) is 15.6. The molecule has 3 aliphatic heterocycles. The van der Waals surface area contributed by atoms with E-state index in [4.69, 9.17) is 30.5 Å². The van der Waals surface area contributed by atoms with Gasteiger partial charge in [-0.1, -0.05) is 35.9 Å². The number of aryl methyl sites for hydroxylation is 1. The smallest absolute Gasteiger partial charge is 0.343 e. The first kappa shape index (κ1) is 36.2. The zero-order chi connectivity index (χ0) is 35.6. The largest absolute Gasteiger partial charge is 0.490 e. The maximum atomic E-state index is 13.5. The van der Waals surface area contributed by atoms with Gasteiger partial charge in [0.1, 0.15) is 5.75 Å². The molecule has 2 aromatic carbocycles. The van der Waals surface area contributed by atoms with Crippen molar-refractivity contribution in [2.45, 2.75) is 62.1 Å². The van der Waals surface area contributed by atoms with Gasteiger partial charge in [-0.05, 0) is 91.3 Å². The summed E-state index contributed by atoms with van der Waals surface area (Å²) in [4.78, 5) is 33.2. The normalized spacial score (nSPS) is 30.7. The highest BCUT2D eigenvalue weighted by Crippen LogP contribution is 2.48. The van der Waals surface area contributed by atoms with Gasteiger partial charge in [0.25, 0.3) is 0 Å². The number of fused-ring (bicyclic) bond motifs is 4. The van der Waals surface area contributed by atoms with E-state index in [9.17, 15) is 14.7 Å². The fourth-order valence-electron chi connectivity index (χ4n) is 8.81. The van der Waals surface area contributed by atoms with Crippen molar-refractivity contribution in [1.29, 1.82) is 0 Å². The van der Waals surface area contributed by atoms with Crippen molar-refractivity contribution in [3.63, 3.8) is 0 Å². The second-order valence-electron chi connectivity index (χ2n) is 15.1. The third-order valence-electron chi connectivity index (χ3n) is 12.0. The fraction of sp³-hybridized carbons (Fsp3) is 0.600. The number of halogens is 1. The fourth-order valence-corrected chi connectivity index (χ4v) is 9.01. The topological polar surface area (TPSA) is 101 Å². The number of hydrogen-bond acceptors (Lipinski definition) is 9. The van der Waals surface area contributed by atoms with Crippen LogP contribution in [0.3, 0.4) is 0 Å². The Bertz CT molecular complexity index is 1610. The molecule has 2 aromatic rings. The molecule has 1 saturated heterocycles. The maximum absolute atomic E-state index is 13.5. The van der Waals surface area contributed by atoms with Crippen LogP contribution in [0.1, 0.15) is 55.2 Å². The highest BCUT2D eigenvalue weighted by molar-refractivity contribution is 6.30. The van der Waals surface area contributed by atoms with Crippen LogP contribution >= 0.6 is 11.6 Å². The summed E-state index contributed by atoms with van der Waals surface area (Å²) in [5.41, 5.74) is 1.23. The lowest BCUT2D eigenvalue weighted by atomic mass is 9.68.